The first kappa shape index (κ1) is 19.3. The molecular formula is C23H20N4O3S. The predicted molar refractivity (Wildman–Crippen MR) is 121 cm³/mol. The van der Waals surface area contributed by atoms with E-state index in [1.54, 1.807) is 18.2 Å². The fourth-order valence-corrected chi connectivity index (χ4v) is 4.91. The molecule has 0 saturated heterocycles. The Kier molecular flexibility index (Phi) is 4.51. The summed E-state index contributed by atoms with van der Waals surface area (Å²) in [6, 6.07) is 20.5. The SMILES string of the molecule is CS(=O)(=O)N1CCc2cc(C(=O)Nc3c(-c4ccccc4)nc4ccccn34)ccc21. The van der Waals surface area contributed by atoms with Crippen LogP contribution in [-0.2, 0) is 16.4 Å². The summed E-state index contributed by atoms with van der Waals surface area (Å²) in [6.45, 7) is 0.394. The van der Waals surface area contributed by atoms with Gasteiger partial charge >= 0.3 is 0 Å². The third-order valence-corrected chi connectivity index (χ3v) is 6.58. The molecule has 1 N–H and O–H groups in total. The minimum Gasteiger partial charge on any atom is -0.306 e. The molecule has 156 valence electrons. The van der Waals surface area contributed by atoms with Gasteiger partial charge in [-0.25, -0.2) is 13.4 Å². The number of rotatable bonds is 4. The zero-order valence-corrected chi connectivity index (χ0v) is 17.6. The average Bonchev–Trinajstić information content (AvgIpc) is 3.36. The van der Waals surface area contributed by atoms with Crippen molar-refractivity contribution in [2.24, 2.45) is 0 Å². The number of nitrogens with one attached hydrogen (secondary N) is 1. The summed E-state index contributed by atoms with van der Waals surface area (Å²) in [5, 5.41) is 3.01. The van der Waals surface area contributed by atoms with Crippen molar-refractivity contribution in [3.63, 3.8) is 0 Å². The van der Waals surface area contributed by atoms with Crippen molar-refractivity contribution in [1.82, 2.24) is 9.38 Å². The molecule has 0 fully saturated rings. The molecule has 3 heterocycles. The number of hydrogen-bond acceptors (Lipinski definition) is 4. The molecule has 7 nitrogen and oxygen atoms in total. The van der Waals surface area contributed by atoms with Crippen molar-refractivity contribution in [2.45, 2.75) is 6.42 Å². The molecule has 0 spiro atoms. The zero-order chi connectivity index (χ0) is 21.6. The topological polar surface area (TPSA) is 83.8 Å². The Bertz CT molecular complexity index is 1410. The first-order valence-corrected chi connectivity index (χ1v) is 11.7. The van der Waals surface area contributed by atoms with Crippen molar-refractivity contribution in [1.29, 1.82) is 0 Å². The maximum absolute atomic E-state index is 13.1. The third kappa shape index (κ3) is 3.44. The van der Waals surface area contributed by atoms with Gasteiger partial charge in [0.1, 0.15) is 17.2 Å². The van der Waals surface area contributed by atoms with E-state index in [9.17, 15) is 13.2 Å². The molecule has 2 aromatic carbocycles. The molecule has 8 heteroatoms. The van der Waals surface area contributed by atoms with Crippen LogP contribution in [0.3, 0.4) is 0 Å². The molecule has 0 saturated carbocycles. The number of fused-ring (bicyclic) bond motifs is 2. The highest BCUT2D eigenvalue weighted by molar-refractivity contribution is 7.92. The number of imidazole rings is 1. The van der Waals surface area contributed by atoms with Gasteiger partial charge in [-0.15, -0.1) is 0 Å². The van der Waals surface area contributed by atoms with Crippen LogP contribution in [-0.4, -0.2) is 36.5 Å². The number of carbonyl (C=O) groups excluding carboxylic acids is 1. The zero-order valence-electron chi connectivity index (χ0n) is 16.8. The largest absolute Gasteiger partial charge is 0.306 e. The summed E-state index contributed by atoms with van der Waals surface area (Å²) in [5.74, 6) is 0.313. The second-order valence-corrected chi connectivity index (χ2v) is 9.39. The van der Waals surface area contributed by atoms with Crippen molar-refractivity contribution >= 4 is 33.1 Å². The van der Waals surface area contributed by atoms with Gasteiger partial charge < -0.3 is 5.32 Å². The van der Waals surface area contributed by atoms with Gasteiger partial charge in [0.05, 0.1) is 11.9 Å². The fourth-order valence-electron chi connectivity index (χ4n) is 3.95. The van der Waals surface area contributed by atoms with Crippen LogP contribution in [0, 0.1) is 0 Å². The molecule has 1 aliphatic rings. The summed E-state index contributed by atoms with van der Waals surface area (Å²) >= 11 is 0. The van der Waals surface area contributed by atoms with Crippen molar-refractivity contribution < 1.29 is 13.2 Å². The molecule has 0 radical (unpaired) electrons. The summed E-state index contributed by atoms with van der Waals surface area (Å²) in [6.07, 6.45) is 3.63. The minimum absolute atomic E-state index is 0.275. The molecule has 2 aromatic heterocycles. The van der Waals surface area contributed by atoms with Gasteiger partial charge in [-0.05, 0) is 42.3 Å². The second-order valence-electron chi connectivity index (χ2n) is 7.49. The Morgan fingerprint density at radius 2 is 1.81 bits per heavy atom. The van der Waals surface area contributed by atoms with Crippen LogP contribution in [0.5, 0.6) is 0 Å². The highest BCUT2D eigenvalue weighted by Gasteiger charge is 2.27. The van der Waals surface area contributed by atoms with E-state index in [0.717, 1.165) is 16.8 Å². The Morgan fingerprint density at radius 1 is 1.03 bits per heavy atom. The average molecular weight is 433 g/mol. The Morgan fingerprint density at radius 3 is 2.58 bits per heavy atom. The number of benzene rings is 2. The molecule has 0 bridgehead atoms. The number of amides is 1. The van der Waals surface area contributed by atoms with E-state index >= 15 is 0 Å². The van der Waals surface area contributed by atoms with E-state index in [2.05, 4.69) is 5.32 Å². The van der Waals surface area contributed by atoms with Crippen LogP contribution < -0.4 is 9.62 Å². The number of hydrogen-bond donors (Lipinski definition) is 1. The van der Waals surface area contributed by atoms with Gasteiger partial charge in [0.15, 0.2) is 0 Å². The number of anilines is 2. The Labute approximate surface area is 180 Å². The van der Waals surface area contributed by atoms with Crippen LogP contribution in [0.1, 0.15) is 15.9 Å². The first-order valence-electron chi connectivity index (χ1n) is 9.86. The molecule has 1 aliphatic heterocycles. The van der Waals surface area contributed by atoms with Crippen LogP contribution in [0.4, 0.5) is 11.5 Å². The summed E-state index contributed by atoms with van der Waals surface area (Å²) in [7, 11) is -3.33. The lowest BCUT2D eigenvalue weighted by Crippen LogP contribution is -2.27. The smallest absolute Gasteiger partial charge is 0.256 e. The quantitative estimate of drug-likeness (QED) is 0.534. The second kappa shape index (κ2) is 7.24. The summed E-state index contributed by atoms with van der Waals surface area (Å²) in [5.41, 5.74) is 4.27. The Balaban J connectivity index is 1.52. The standard InChI is InChI=1S/C23H20N4O3S/c1-31(29,30)27-14-12-17-15-18(10-11-19(17)27)23(28)25-22-21(16-7-3-2-4-8-16)24-20-9-5-6-13-26(20)22/h2-11,13,15H,12,14H2,1H3,(H,25,28). The number of sulfonamides is 1. The van der Waals surface area contributed by atoms with E-state index in [0.29, 0.717) is 35.7 Å². The molecule has 31 heavy (non-hydrogen) atoms. The number of aromatic nitrogens is 2. The summed E-state index contributed by atoms with van der Waals surface area (Å²) in [4.78, 5) is 17.8. The number of nitrogens with zero attached hydrogens (tertiary/aromatic N) is 3. The molecule has 0 aliphatic carbocycles. The van der Waals surface area contributed by atoms with Gasteiger partial charge in [0.25, 0.3) is 5.91 Å². The van der Waals surface area contributed by atoms with E-state index in [1.165, 1.54) is 10.6 Å². The van der Waals surface area contributed by atoms with Gasteiger partial charge in [0, 0.05) is 23.9 Å². The van der Waals surface area contributed by atoms with Gasteiger partial charge in [-0.3, -0.25) is 13.5 Å². The lowest BCUT2D eigenvalue weighted by Gasteiger charge is -2.16. The van der Waals surface area contributed by atoms with Crippen molar-refractivity contribution in [3.05, 3.63) is 84.1 Å². The maximum atomic E-state index is 13.1. The monoisotopic (exact) mass is 432 g/mol. The van der Waals surface area contributed by atoms with Crippen LogP contribution >= 0.6 is 0 Å². The molecule has 1 amide bonds. The van der Waals surface area contributed by atoms with E-state index in [4.69, 9.17) is 4.98 Å². The maximum Gasteiger partial charge on any atom is 0.256 e. The van der Waals surface area contributed by atoms with Crippen molar-refractivity contribution in [3.8, 4) is 11.3 Å². The van der Waals surface area contributed by atoms with Gasteiger partial charge in [0.2, 0.25) is 10.0 Å². The molecule has 0 atom stereocenters. The predicted octanol–water partition coefficient (Wildman–Crippen LogP) is 3.58. The molecule has 5 rings (SSSR count). The lowest BCUT2D eigenvalue weighted by atomic mass is 10.1. The fraction of sp³-hybridized carbons (Fsp3) is 0.130. The van der Waals surface area contributed by atoms with Crippen molar-refractivity contribution in [2.75, 3.05) is 22.4 Å². The van der Waals surface area contributed by atoms with E-state index in [-0.39, 0.29) is 5.91 Å². The first-order chi connectivity index (χ1) is 14.9. The minimum atomic E-state index is -3.33. The number of pyridine rings is 1. The van der Waals surface area contributed by atoms with Crippen LogP contribution in [0.25, 0.3) is 16.9 Å². The van der Waals surface area contributed by atoms with Gasteiger partial charge in [-0.2, -0.15) is 0 Å². The molecule has 0 unspecified atom stereocenters. The highest BCUT2D eigenvalue weighted by atomic mass is 32.2. The van der Waals surface area contributed by atoms with Crippen LogP contribution in [0.15, 0.2) is 72.9 Å². The summed E-state index contributed by atoms with van der Waals surface area (Å²) < 4.78 is 27.1. The Hall–Kier alpha value is -3.65. The van der Waals surface area contributed by atoms with Gasteiger partial charge in [-0.1, -0.05) is 36.4 Å². The lowest BCUT2D eigenvalue weighted by molar-refractivity contribution is 0.102. The third-order valence-electron chi connectivity index (χ3n) is 5.40. The van der Waals surface area contributed by atoms with E-state index < -0.39 is 10.0 Å². The van der Waals surface area contributed by atoms with E-state index in [1.807, 2.05) is 59.1 Å². The molecular weight excluding hydrogens is 412 g/mol. The molecule has 4 aromatic rings. The highest BCUT2D eigenvalue weighted by Crippen LogP contribution is 2.32. The number of carbonyl (C=O) groups is 1. The van der Waals surface area contributed by atoms with Crippen LogP contribution in [0.2, 0.25) is 0 Å². The normalized spacial score (nSPS) is 13.4.